The molecule has 12 nitrogen and oxygen atoms in total. The topological polar surface area (TPSA) is 127 Å². The van der Waals surface area contributed by atoms with Crippen molar-refractivity contribution >= 4 is 58.2 Å². The van der Waals surface area contributed by atoms with E-state index >= 15 is 0 Å². The molecule has 0 aromatic heterocycles. The molecule has 5 aliphatic rings. The number of nitrogens with one attached hydrogen (secondary N) is 2. The number of carbonyl (C=O) groups excluding carboxylic acids is 5. The summed E-state index contributed by atoms with van der Waals surface area (Å²) in [5.74, 6) is -1.50. The first kappa shape index (κ1) is 34.8. The Balaban J connectivity index is 0.813. The Morgan fingerprint density at radius 2 is 1.58 bits per heavy atom. The highest BCUT2D eigenvalue weighted by Crippen LogP contribution is 2.36. The zero-order chi connectivity index (χ0) is 37.0. The first-order chi connectivity index (χ1) is 25.6. The molecule has 3 fully saturated rings. The third kappa shape index (κ3) is 6.64. The molecule has 8 rings (SSSR count). The molecule has 0 aliphatic carbocycles. The van der Waals surface area contributed by atoms with E-state index in [1.165, 1.54) is 0 Å². The Morgan fingerprint density at radius 1 is 0.925 bits per heavy atom. The minimum atomic E-state index is -0.961. The van der Waals surface area contributed by atoms with Crippen LogP contribution in [0.1, 0.15) is 81.2 Å². The van der Waals surface area contributed by atoms with Crippen LogP contribution < -0.4 is 20.4 Å². The average Bonchev–Trinajstić information content (AvgIpc) is 3.79. The van der Waals surface area contributed by atoms with Crippen LogP contribution in [0, 0.1) is 12.5 Å². The second kappa shape index (κ2) is 14.0. The molecule has 1 unspecified atom stereocenters. The molecule has 3 saturated heterocycles. The smallest absolute Gasteiger partial charge is 0.262 e. The minimum absolute atomic E-state index is 0.000127. The van der Waals surface area contributed by atoms with E-state index in [1.54, 1.807) is 6.07 Å². The van der Waals surface area contributed by atoms with Gasteiger partial charge < -0.3 is 15.1 Å². The summed E-state index contributed by atoms with van der Waals surface area (Å²) in [5.41, 5.74) is 5.86. The summed E-state index contributed by atoms with van der Waals surface area (Å²) in [6.07, 6.45) is 3.12. The average molecular weight is 734 g/mol. The maximum Gasteiger partial charge on any atom is 0.262 e. The fraction of sp³-hybridized carbons (Fsp3) is 0.400. The van der Waals surface area contributed by atoms with Crippen molar-refractivity contribution in [2.24, 2.45) is 5.92 Å². The van der Waals surface area contributed by atoms with E-state index in [2.05, 4.69) is 37.1 Å². The van der Waals surface area contributed by atoms with Crippen LogP contribution in [0.5, 0.6) is 0 Å². The van der Waals surface area contributed by atoms with Gasteiger partial charge in [0, 0.05) is 79.7 Å². The highest BCUT2D eigenvalue weighted by molar-refractivity contribution is 6.33. The Hall–Kier alpha value is -5.25. The molecule has 3 aromatic rings. The van der Waals surface area contributed by atoms with Gasteiger partial charge in [0.1, 0.15) is 6.04 Å². The Morgan fingerprint density at radius 3 is 2.21 bits per heavy atom. The highest BCUT2D eigenvalue weighted by Gasteiger charge is 2.45. The van der Waals surface area contributed by atoms with Crippen LogP contribution >= 0.6 is 11.6 Å². The van der Waals surface area contributed by atoms with Gasteiger partial charge in [-0.15, -0.1) is 0 Å². The van der Waals surface area contributed by atoms with Gasteiger partial charge in [0.15, 0.2) is 0 Å². The largest absolute Gasteiger partial charge is 0.372 e. The number of nitrogens with zero attached hydrogens (tertiary/aromatic N) is 5. The van der Waals surface area contributed by atoms with Crippen LogP contribution in [-0.4, -0.2) is 83.6 Å². The summed E-state index contributed by atoms with van der Waals surface area (Å²) in [6.45, 7) is 14.2. The first-order valence-electron chi connectivity index (χ1n) is 18.3. The Labute approximate surface area is 312 Å². The van der Waals surface area contributed by atoms with Gasteiger partial charge in [0.25, 0.3) is 17.7 Å². The second-order valence-corrected chi connectivity index (χ2v) is 15.3. The third-order valence-corrected chi connectivity index (χ3v) is 11.8. The normalized spacial score (nSPS) is 23.3. The number of hydrogen-bond acceptors (Lipinski definition) is 8. The molecule has 272 valence electrons. The molecule has 0 spiro atoms. The van der Waals surface area contributed by atoms with E-state index in [0.29, 0.717) is 53.0 Å². The van der Waals surface area contributed by atoms with Gasteiger partial charge in [0.05, 0.1) is 17.7 Å². The summed E-state index contributed by atoms with van der Waals surface area (Å²) in [6, 6.07) is 16.2. The number of piperidine rings is 2. The van der Waals surface area contributed by atoms with Crippen molar-refractivity contribution in [2.75, 3.05) is 36.0 Å². The minimum Gasteiger partial charge on any atom is -0.372 e. The van der Waals surface area contributed by atoms with Gasteiger partial charge in [-0.1, -0.05) is 17.7 Å². The molecule has 0 saturated carbocycles. The summed E-state index contributed by atoms with van der Waals surface area (Å²) in [4.78, 5) is 75.2. The molecule has 2 N–H and O–H groups in total. The van der Waals surface area contributed by atoms with Crippen LogP contribution in [0.4, 0.5) is 17.1 Å². The Bertz CT molecular complexity index is 2030. The molecule has 5 aliphatic heterocycles. The van der Waals surface area contributed by atoms with Gasteiger partial charge in [0.2, 0.25) is 17.5 Å². The lowest BCUT2D eigenvalue weighted by Gasteiger charge is -2.35. The number of anilines is 2. The quantitative estimate of drug-likeness (QED) is 0.259. The van der Waals surface area contributed by atoms with Gasteiger partial charge in [-0.2, -0.15) is 0 Å². The van der Waals surface area contributed by atoms with E-state index in [0.717, 1.165) is 66.3 Å². The van der Waals surface area contributed by atoms with Crippen LogP contribution in [0.15, 0.2) is 54.6 Å². The number of benzene rings is 3. The number of rotatable bonds is 7. The zero-order valence-corrected chi connectivity index (χ0v) is 30.2. The summed E-state index contributed by atoms with van der Waals surface area (Å²) < 4.78 is 0. The van der Waals surface area contributed by atoms with Crippen LogP contribution in [0.25, 0.3) is 4.85 Å². The molecular formula is C40H40ClN7O5. The van der Waals surface area contributed by atoms with E-state index < -0.39 is 23.8 Å². The van der Waals surface area contributed by atoms with Gasteiger partial charge in [-0.25, -0.2) is 4.85 Å². The first-order valence-corrected chi connectivity index (χ1v) is 18.6. The highest BCUT2D eigenvalue weighted by atomic mass is 35.5. The SMILES string of the molecule is [C-]#[N+]c1ccc(N2C[C@H](NC(=O)c3ccc(N4CCC(CN5Cc6cc7c(cc6C5)C(=O)N(C5CCC(=O)NC5=O)C7=O)CC4)cc3)C[C@@H]2C)cc1Cl. The van der Waals surface area contributed by atoms with Crippen molar-refractivity contribution in [3.63, 3.8) is 0 Å². The van der Waals surface area contributed by atoms with Crippen LogP contribution in [0.3, 0.4) is 0 Å². The molecule has 3 atom stereocenters. The third-order valence-electron chi connectivity index (χ3n) is 11.5. The van der Waals surface area contributed by atoms with Crippen molar-refractivity contribution < 1.29 is 24.0 Å². The standard InChI is InChI=1S/C40H40ClN7O5/c1-23-15-28(22-47(23)30-7-8-34(42-2)33(41)18-30)43-37(50)25-3-5-29(6-4-25)46-13-11-24(12-14-46)19-45-20-26-16-31-32(17-27(26)21-45)40(53)48(39(31)52)35-9-10-36(49)44-38(35)51/h3-8,16-18,23-24,28,35H,9-15,19-22H2,1H3,(H,43,50)(H,44,49,51)/t23-,28+,35?/m0/s1. The summed E-state index contributed by atoms with van der Waals surface area (Å²) >= 11 is 6.28. The number of imide groups is 2. The lowest BCUT2D eigenvalue weighted by molar-refractivity contribution is -0.136. The van der Waals surface area contributed by atoms with Crippen molar-refractivity contribution in [1.82, 2.24) is 20.4 Å². The molecule has 5 heterocycles. The fourth-order valence-corrected chi connectivity index (χ4v) is 8.88. The zero-order valence-electron chi connectivity index (χ0n) is 29.4. The van der Waals surface area contributed by atoms with Gasteiger partial charge >= 0.3 is 0 Å². The molecule has 5 amide bonds. The summed E-state index contributed by atoms with van der Waals surface area (Å²) in [5, 5.41) is 5.88. The van der Waals surface area contributed by atoms with Gasteiger partial charge in [-0.3, -0.25) is 39.1 Å². The maximum atomic E-state index is 13.3. The van der Waals surface area contributed by atoms with E-state index in [-0.39, 0.29) is 36.7 Å². The molecule has 53 heavy (non-hydrogen) atoms. The van der Waals surface area contributed by atoms with Crippen molar-refractivity contribution in [2.45, 2.75) is 70.2 Å². The number of carbonyl (C=O) groups is 5. The number of hydrogen-bond donors (Lipinski definition) is 2. The van der Waals surface area contributed by atoms with Crippen molar-refractivity contribution in [3.05, 3.63) is 98.9 Å². The molecule has 0 bridgehead atoms. The molecule has 3 aromatic carbocycles. The molecule has 13 heteroatoms. The van der Waals surface area contributed by atoms with E-state index in [4.69, 9.17) is 18.2 Å². The van der Waals surface area contributed by atoms with Gasteiger partial charge in [-0.05, 0) is 98.2 Å². The monoisotopic (exact) mass is 733 g/mol. The van der Waals surface area contributed by atoms with Crippen LogP contribution in [-0.2, 0) is 22.7 Å². The van der Waals surface area contributed by atoms with Crippen LogP contribution in [0.2, 0.25) is 5.02 Å². The lowest BCUT2D eigenvalue weighted by Crippen LogP contribution is -2.54. The second-order valence-electron chi connectivity index (χ2n) is 14.9. The maximum absolute atomic E-state index is 13.3. The lowest BCUT2D eigenvalue weighted by atomic mass is 9.95. The summed E-state index contributed by atoms with van der Waals surface area (Å²) in [7, 11) is 0. The Kier molecular flexibility index (Phi) is 9.16. The van der Waals surface area contributed by atoms with E-state index in [1.807, 2.05) is 48.5 Å². The molecule has 0 radical (unpaired) electrons. The van der Waals surface area contributed by atoms with Crippen molar-refractivity contribution in [1.29, 1.82) is 0 Å². The van der Waals surface area contributed by atoms with Crippen molar-refractivity contribution in [3.8, 4) is 0 Å². The molecular weight excluding hydrogens is 694 g/mol. The number of fused-ring (bicyclic) bond motifs is 2. The predicted octanol–water partition coefficient (Wildman–Crippen LogP) is 4.92. The fourth-order valence-electron chi connectivity index (χ4n) is 8.66. The predicted molar refractivity (Wildman–Crippen MR) is 199 cm³/mol. The number of amides is 5. The van der Waals surface area contributed by atoms with E-state index in [9.17, 15) is 24.0 Å². The number of halogens is 1.